The Morgan fingerprint density at radius 3 is 1.38 bits per heavy atom. The maximum atomic E-state index is 9.90. The van der Waals surface area contributed by atoms with E-state index in [0.29, 0.717) is 12.8 Å². The first-order chi connectivity index (χ1) is 6.04. The van der Waals surface area contributed by atoms with Crippen LogP contribution in [0.2, 0.25) is 0 Å². The quantitative estimate of drug-likeness (QED) is 0.429. The molecule has 76 valence electrons. The lowest BCUT2D eigenvalue weighted by Gasteiger charge is -1.92. The van der Waals surface area contributed by atoms with Crippen molar-refractivity contribution in [2.24, 2.45) is 0 Å². The van der Waals surface area contributed by atoms with Gasteiger partial charge in [0.05, 0.1) is 0 Å². The van der Waals surface area contributed by atoms with Crippen LogP contribution in [0.3, 0.4) is 0 Å². The molecule has 0 atom stereocenters. The minimum Gasteiger partial charge on any atom is -0.483 e. The molecule has 0 rings (SSSR count). The molecule has 0 amide bonds. The Balaban J connectivity index is 0. The SMILES string of the molecule is O=C(O)CCCCC(=O)O.O=CO. The highest BCUT2D eigenvalue weighted by molar-refractivity contribution is 5.67. The third kappa shape index (κ3) is 25.2. The predicted molar refractivity (Wildman–Crippen MR) is 42.4 cm³/mol. The number of rotatable bonds is 5. The summed E-state index contributed by atoms with van der Waals surface area (Å²) in [7, 11) is 0. The summed E-state index contributed by atoms with van der Waals surface area (Å²) in [6, 6.07) is 0. The minimum absolute atomic E-state index is 0.0628. The Kier molecular flexibility index (Phi) is 11.2. The molecule has 0 spiro atoms. The molecule has 0 aliphatic rings. The second kappa shape index (κ2) is 10.4. The fourth-order valence-corrected chi connectivity index (χ4v) is 0.552. The Morgan fingerprint density at radius 2 is 1.23 bits per heavy atom. The van der Waals surface area contributed by atoms with E-state index in [1.54, 1.807) is 0 Å². The summed E-state index contributed by atoms with van der Waals surface area (Å²) in [6.07, 6.45) is 1.02. The lowest BCUT2D eigenvalue weighted by molar-refractivity contribution is -0.139. The topological polar surface area (TPSA) is 112 Å². The largest absolute Gasteiger partial charge is 0.483 e. The van der Waals surface area contributed by atoms with Crippen molar-refractivity contribution in [1.29, 1.82) is 0 Å². The van der Waals surface area contributed by atoms with Crippen molar-refractivity contribution in [3.05, 3.63) is 0 Å². The number of carbonyl (C=O) groups is 3. The van der Waals surface area contributed by atoms with Crippen LogP contribution in [0, 0.1) is 0 Å². The molecule has 0 heterocycles. The summed E-state index contributed by atoms with van der Waals surface area (Å²) >= 11 is 0. The van der Waals surface area contributed by atoms with Crippen LogP contribution in [0.15, 0.2) is 0 Å². The zero-order valence-electron chi connectivity index (χ0n) is 6.97. The summed E-state index contributed by atoms with van der Waals surface area (Å²) in [4.78, 5) is 28.2. The molecule has 0 aromatic rings. The van der Waals surface area contributed by atoms with Gasteiger partial charge < -0.3 is 15.3 Å². The van der Waals surface area contributed by atoms with Gasteiger partial charge in [-0.3, -0.25) is 14.4 Å². The molecule has 3 N–H and O–H groups in total. The van der Waals surface area contributed by atoms with Gasteiger partial charge in [0.25, 0.3) is 6.47 Å². The van der Waals surface area contributed by atoms with Gasteiger partial charge in [-0.15, -0.1) is 0 Å². The smallest absolute Gasteiger partial charge is 0.303 e. The summed E-state index contributed by atoms with van der Waals surface area (Å²) in [5.41, 5.74) is 0. The van der Waals surface area contributed by atoms with Gasteiger partial charge in [0.1, 0.15) is 0 Å². The Labute approximate surface area is 74.8 Å². The zero-order valence-corrected chi connectivity index (χ0v) is 6.97. The molecule has 13 heavy (non-hydrogen) atoms. The van der Waals surface area contributed by atoms with E-state index in [2.05, 4.69) is 0 Å². The molecule has 6 heteroatoms. The van der Waals surface area contributed by atoms with Crippen molar-refractivity contribution in [2.45, 2.75) is 25.7 Å². The van der Waals surface area contributed by atoms with E-state index in [9.17, 15) is 9.59 Å². The molecule has 0 fully saturated rings. The molecule has 0 bridgehead atoms. The second-order valence-electron chi connectivity index (χ2n) is 2.10. The van der Waals surface area contributed by atoms with Gasteiger partial charge in [-0.2, -0.15) is 0 Å². The van der Waals surface area contributed by atoms with E-state index >= 15 is 0 Å². The van der Waals surface area contributed by atoms with Crippen LogP contribution in [0.4, 0.5) is 0 Å². The van der Waals surface area contributed by atoms with E-state index < -0.39 is 11.9 Å². The molecular weight excluding hydrogens is 180 g/mol. The lowest BCUT2D eigenvalue weighted by atomic mass is 10.2. The van der Waals surface area contributed by atoms with Crippen LogP contribution < -0.4 is 0 Å². The van der Waals surface area contributed by atoms with E-state index in [1.807, 2.05) is 0 Å². The van der Waals surface area contributed by atoms with Crippen molar-refractivity contribution < 1.29 is 29.7 Å². The summed E-state index contributed by atoms with van der Waals surface area (Å²) in [5, 5.41) is 23.2. The fraction of sp³-hybridized carbons (Fsp3) is 0.571. The average Bonchev–Trinajstić information content (AvgIpc) is 1.99. The molecule has 0 aromatic carbocycles. The molecule has 0 aliphatic carbocycles. The average molecular weight is 192 g/mol. The molecule has 0 saturated heterocycles. The normalized spacial score (nSPS) is 8.00. The monoisotopic (exact) mass is 192 g/mol. The van der Waals surface area contributed by atoms with Gasteiger partial charge in [0.2, 0.25) is 0 Å². The minimum atomic E-state index is -0.870. The van der Waals surface area contributed by atoms with Gasteiger partial charge in [-0.05, 0) is 12.8 Å². The second-order valence-corrected chi connectivity index (χ2v) is 2.10. The van der Waals surface area contributed by atoms with E-state index in [0.717, 1.165) is 0 Å². The van der Waals surface area contributed by atoms with E-state index in [-0.39, 0.29) is 19.3 Å². The lowest BCUT2D eigenvalue weighted by Crippen LogP contribution is -1.97. The highest BCUT2D eigenvalue weighted by atomic mass is 16.4. The Morgan fingerprint density at radius 1 is 1.00 bits per heavy atom. The zero-order chi connectivity index (χ0) is 10.7. The number of carboxylic acid groups (broad SMARTS) is 3. The van der Waals surface area contributed by atoms with Crippen molar-refractivity contribution in [2.75, 3.05) is 0 Å². The van der Waals surface area contributed by atoms with Crippen molar-refractivity contribution in [1.82, 2.24) is 0 Å². The molecule has 6 nitrogen and oxygen atoms in total. The van der Waals surface area contributed by atoms with Crippen LogP contribution in [-0.4, -0.2) is 33.7 Å². The predicted octanol–water partition coefficient (Wildman–Crippen LogP) is 0.417. The third-order valence-electron chi connectivity index (χ3n) is 1.03. The molecule has 0 saturated carbocycles. The van der Waals surface area contributed by atoms with Crippen LogP contribution >= 0.6 is 0 Å². The molecule has 0 aromatic heterocycles. The fourth-order valence-electron chi connectivity index (χ4n) is 0.552. The van der Waals surface area contributed by atoms with Crippen LogP contribution in [0.5, 0.6) is 0 Å². The maximum Gasteiger partial charge on any atom is 0.303 e. The highest BCUT2D eigenvalue weighted by Gasteiger charge is 1.99. The first kappa shape index (κ1) is 14.0. The van der Waals surface area contributed by atoms with E-state index in [1.165, 1.54) is 0 Å². The number of unbranched alkanes of at least 4 members (excludes halogenated alkanes) is 1. The van der Waals surface area contributed by atoms with E-state index in [4.69, 9.17) is 20.1 Å². The first-order valence-corrected chi connectivity index (χ1v) is 3.56. The Hall–Kier alpha value is -1.59. The molecular formula is C7H12O6. The van der Waals surface area contributed by atoms with Crippen molar-refractivity contribution >= 4 is 18.4 Å². The molecule has 0 aliphatic heterocycles. The van der Waals surface area contributed by atoms with Gasteiger partial charge in [0, 0.05) is 12.8 Å². The van der Waals surface area contributed by atoms with Crippen LogP contribution in [0.1, 0.15) is 25.7 Å². The standard InChI is InChI=1S/C6H10O4.CH2O2/c7-5(8)3-1-2-4-6(9)10;2-1-3/h1-4H2,(H,7,8)(H,9,10);1H,(H,2,3). The van der Waals surface area contributed by atoms with Crippen molar-refractivity contribution in [3.63, 3.8) is 0 Å². The molecule has 0 radical (unpaired) electrons. The summed E-state index contributed by atoms with van der Waals surface area (Å²) in [5.74, 6) is -1.74. The van der Waals surface area contributed by atoms with Crippen LogP contribution in [-0.2, 0) is 14.4 Å². The van der Waals surface area contributed by atoms with Gasteiger partial charge in [0.15, 0.2) is 0 Å². The number of carboxylic acids is 2. The first-order valence-electron chi connectivity index (χ1n) is 3.56. The summed E-state index contributed by atoms with van der Waals surface area (Å²) in [6.45, 7) is -0.250. The van der Waals surface area contributed by atoms with Gasteiger partial charge >= 0.3 is 11.9 Å². The third-order valence-corrected chi connectivity index (χ3v) is 1.03. The Bertz CT molecular complexity index is 148. The molecule has 0 unspecified atom stereocenters. The highest BCUT2D eigenvalue weighted by Crippen LogP contribution is 1.98. The number of hydrogen-bond acceptors (Lipinski definition) is 3. The van der Waals surface area contributed by atoms with Gasteiger partial charge in [-0.1, -0.05) is 0 Å². The van der Waals surface area contributed by atoms with Crippen molar-refractivity contribution in [3.8, 4) is 0 Å². The number of hydrogen-bond donors (Lipinski definition) is 3. The maximum absolute atomic E-state index is 9.90. The summed E-state index contributed by atoms with van der Waals surface area (Å²) < 4.78 is 0. The van der Waals surface area contributed by atoms with Gasteiger partial charge in [-0.25, -0.2) is 0 Å². The van der Waals surface area contributed by atoms with Crippen LogP contribution in [0.25, 0.3) is 0 Å². The number of aliphatic carboxylic acids is 2.